The maximum atomic E-state index is 12.4. The van der Waals surface area contributed by atoms with Gasteiger partial charge in [-0.1, -0.05) is 17.7 Å². The average Bonchev–Trinajstić information content (AvgIpc) is 2.84. The standard InChI is InChI=1S/C17H20ClN5O/c1-13-3-5-15(19-11-13)21-17(24)23-8-2-7-22(9-10-23)16-6-4-14(18)12-20-16/h3-6,11-12H,2,7-10H2,1H3,(H,19,21,24). The number of pyridine rings is 2. The van der Waals surface area contributed by atoms with Crippen molar-refractivity contribution in [2.45, 2.75) is 13.3 Å². The lowest BCUT2D eigenvalue weighted by molar-refractivity contribution is 0.215. The highest BCUT2D eigenvalue weighted by molar-refractivity contribution is 6.30. The molecule has 126 valence electrons. The molecule has 1 saturated heterocycles. The second-order valence-electron chi connectivity index (χ2n) is 5.81. The number of anilines is 2. The number of halogens is 1. The van der Waals surface area contributed by atoms with Crippen LogP contribution in [0.15, 0.2) is 36.7 Å². The molecule has 0 spiro atoms. The summed E-state index contributed by atoms with van der Waals surface area (Å²) in [5, 5.41) is 3.48. The number of nitrogens with one attached hydrogen (secondary N) is 1. The number of nitrogens with zero attached hydrogens (tertiary/aromatic N) is 4. The number of carbonyl (C=O) groups is 1. The van der Waals surface area contributed by atoms with Crippen molar-refractivity contribution in [3.63, 3.8) is 0 Å². The van der Waals surface area contributed by atoms with E-state index in [1.165, 1.54) is 0 Å². The molecule has 0 atom stereocenters. The summed E-state index contributed by atoms with van der Waals surface area (Å²) < 4.78 is 0. The summed E-state index contributed by atoms with van der Waals surface area (Å²) in [7, 11) is 0. The van der Waals surface area contributed by atoms with Crippen LogP contribution in [0.25, 0.3) is 0 Å². The number of aromatic nitrogens is 2. The highest BCUT2D eigenvalue weighted by atomic mass is 35.5. The van der Waals surface area contributed by atoms with E-state index in [0.717, 1.165) is 30.9 Å². The molecule has 3 rings (SSSR count). The highest BCUT2D eigenvalue weighted by Gasteiger charge is 2.20. The number of hydrogen-bond acceptors (Lipinski definition) is 4. The number of hydrogen-bond donors (Lipinski definition) is 1. The fraction of sp³-hybridized carbons (Fsp3) is 0.353. The highest BCUT2D eigenvalue weighted by Crippen LogP contribution is 2.16. The molecule has 1 aliphatic rings. The molecule has 24 heavy (non-hydrogen) atoms. The van der Waals surface area contributed by atoms with E-state index in [-0.39, 0.29) is 6.03 Å². The molecule has 0 bridgehead atoms. The number of urea groups is 1. The SMILES string of the molecule is Cc1ccc(NC(=O)N2CCCN(c3ccc(Cl)cn3)CC2)nc1. The second kappa shape index (κ2) is 7.49. The Bertz CT molecular complexity index is 689. The monoisotopic (exact) mass is 345 g/mol. The van der Waals surface area contributed by atoms with Crippen LogP contribution in [-0.2, 0) is 0 Å². The Kier molecular flexibility index (Phi) is 5.15. The molecule has 1 fully saturated rings. The fourth-order valence-electron chi connectivity index (χ4n) is 2.64. The first-order valence-corrected chi connectivity index (χ1v) is 8.35. The maximum absolute atomic E-state index is 12.4. The lowest BCUT2D eigenvalue weighted by Gasteiger charge is -2.23. The Hall–Kier alpha value is -2.34. The van der Waals surface area contributed by atoms with Crippen LogP contribution in [0.5, 0.6) is 0 Å². The van der Waals surface area contributed by atoms with Crippen molar-refractivity contribution in [1.29, 1.82) is 0 Å². The number of aryl methyl sites for hydroxylation is 1. The number of carbonyl (C=O) groups excluding carboxylic acids is 1. The van der Waals surface area contributed by atoms with Gasteiger partial charge in [-0.05, 0) is 37.1 Å². The van der Waals surface area contributed by atoms with Crippen molar-refractivity contribution in [2.24, 2.45) is 0 Å². The van der Waals surface area contributed by atoms with Gasteiger partial charge in [-0.2, -0.15) is 0 Å². The van der Waals surface area contributed by atoms with Crippen molar-refractivity contribution < 1.29 is 4.79 Å². The Labute approximate surface area is 146 Å². The summed E-state index contributed by atoms with van der Waals surface area (Å²) in [6.07, 6.45) is 4.28. The number of rotatable bonds is 2. The first kappa shape index (κ1) is 16.5. The topological polar surface area (TPSA) is 61.4 Å². The molecule has 2 aromatic rings. The fourth-order valence-corrected chi connectivity index (χ4v) is 2.75. The Morgan fingerprint density at radius 2 is 1.96 bits per heavy atom. The van der Waals surface area contributed by atoms with Gasteiger partial charge in [0.25, 0.3) is 0 Å². The van der Waals surface area contributed by atoms with Crippen molar-refractivity contribution in [1.82, 2.24) is 14.9 Å². The largest absolute Gasteiger partial charge is 0.355 e. The molecule has 0 unspecified atom stereocenters. The smallest absolute Gasteiger partial charge is 0.323 e. The van der Waals surface area contributed by atoms with Gasteiger partial charge < -0.3 is 9.80 Å². The molecule has 3 heterocycles. The molecule has 7 heteroatoms. The molecular weight excluding hydrogens is 326 g/mol. The zero-order chi connectivity index (χ0) is 16.9. The average molecular weight is 346 g/mol. The first-order chi connectivity index (χ1) is 11.6. The van der Waals surface area contributed by atoms with Crippen LogP contribution in [0.3, 0.4) is 0 Å². The van der Waals surface area contributed by atoms with Crippen molar-refractivity contribution in [2.75, 3.05) is 36.4 Å². The van der Waals surface area contributed by atoms with Gasteiger partial charge in [0.15, 0.2) is 0 Å². The van der Waals surface area contributed by atoms with E-state index in [1.807, 2.05) is 36.1 Å². The summed E-state index contributed by atoms with van der Waals surface area (Å²) in [5.74, 6) is 1.47. The minimum absolute atomic E-state index is 0.114. The van der Waals surface area contributed by atoms with Gasteiger partial charge in [0, 0.05) is 38.6 Å². The Balaban J connectivity index is 1.59. The second-order valence-corrected chi connectivity index (χ2v) is 6.25. The lowest BCUT2D eigenvalue weighted by Crippen LogP contribution is -2.38. The van der Waals surface area contributed by atoms with Crippen LogP contribution in [0.2, 0.25) is 5.02 Å². The van der Waals surface area contributed by atoms with Gasteiger partial charge >= 0.3 is 6.03 Å². The molecule has 0 radical (unpaired) electrons. The van der Waals surface area contributed by atoms with E-state index < -0.39 is 0 Å². The molecule has 1 N–H and O–H groups in total. The zero-order valence-electron chi connectivity index (χ0n) is 13.6. The summed E-state index contributed by atoms with van der Waals surface area (Å²) in [6.45, 7) is 4.92. The molecular formula is C17H20ClN5O. The van der Waals surface area contributed by atoms with Gasteiger partial charge in [0.1, 0.15) is 11.6 Å². The quantitative estimate of drug-likeness (QED) is 0.908. The van der Waals surface area contributed by atoms with Crippen LogP contribution in [0, 0.1) is 6.92 Å². The third kappa shape index (κ3) is 4.14. The summed E-state index contributed by atoms with van der Waals surface area (Å²) >= 11 is 5.89. The molecule has 2 aromatic heterocycles. The van der Waals surface area contributed by atoms with Gasteiger partial charge in [0.2, 0.25) is 0 Å². The minimum atomic E-state index is -0.114. The van der Waals surface area contributed by atoms with E-state index in [4.69, 9.17) is 11.6 Å². The molecule has 6 nitrogen and oxygen atoms in total. The molecule has 0 aromatic carbocycles. The van der Waals surface area contributed by atoms with Crippen molar-refractivity contribution in [3.05, 3.63) is 47.2 Å². The van der Waals surface area contributed by atoms with Crippen LogP contribution >= 0.6 is 11.6 Å². The van der Waals surface area contributed by atoms with Crippen LogP contribution in [0.4, 0.5) is 16.4 Å². The van der Waals surface area contributed by atoms with E-state index in [0.29, 0.717) is 23.9 Å². The normalized spacial score (nSPS) is 15.1. The van der Waals surface area contributed by atoms with Crippen LogP contribution in [0.1, 0.15) is 12.0 Å². The van der Waals surface area contributed by atoms with Gasteiger partial charge in [-0.15, -0.1) is 0 Å². The maximum Gasteiger partial charge on any atom is 0.323 e. The third-order valence-corrected chi connectivity index (χ3v) is 4.19. The predicted molar refractivity (Wildman–Crippen MR) is 95.6 cm³/mol. The lowest BCUT2D eigenvalue weighted by atomic mass is 10.3. The Morgan fingerprint density at radius 1 is 1.08 bits per heavy atom. The zero-order valence-corrected chi connectivity index (χ0v) is 14.3. The number of amides is 2. The molecule has 0 saturated carbocycles. The summed E-state index contributed by atoms with van der Waals surface area (Å²) in [6, 6.07) is 7.38. The van der Waals surface area contributed by atoms with Crippen LogP contribution in [-0.4, -0.2) is 47.1 Å². The van der Waals surface area contributed by atoms with Gasteiger partial charge in [-0.25, -0.2) is 14.8 Å². The summed E-state index contributed by atoms with van der Waals surface area (Å²) in [4.78, 5) is 25.0. The minimum Gasteiger partial charge on any atom is -0.355 e. The van der Waals surface area contributed by atoms with Gasteiger partial charge in [0.05, 0.1) is 5.02 Å². The van der Waals surface area contributed by atoms with Crippen molar-refractivity contribution in [3.8, 4) is 0 Å². The summed E-state index contributed by atoms with van der Waals surface area (Å²) in [5.41, 5.74) is 1.06. The molecule has 0 aliphatic carbocycles. The van der Waals surface area contributed by atoms with Gasteiger partial charge in [-0.3, -0.25) is 5.32 Å². The van der Waals surface area contributed by atoms with E-state index in [1.54, 1.807) is 12.4 Å². The van der Waals surface area contributed by atoms with E-state index in [2.05, 4.69) is 20.2 Å². The Morgan fingerprint density at radius 3 is 2.67 bits per heavy atom. The van der Waals surface area contributed by atoms with E-state index in [9.17, 15) is 4.79 Å². The molecule has 2 amide bonds. The predicted octanol–water partition coefficient (Wildman–Crippen LogP) is 3.18. The van der Waals surface area contributed by atoms with E-state index >= 15 is 0 Å². The molecule has 1 aliphatic heterocycles. The third-order valence-electron chi connectivity index (χ3n) is 3.97. The van der Waals surface area contributed by atoms with Crippen molar-refractivity contribution >= 4 is 29.3 Å². The first-order valence-electron chi connectivity index (χ1n) is 7.97. The van der Waals surface area contributed by atoms with Crippen LogP contribution < -0.4 is 10.2 Å².